The summed E-state index contributed by atoms with van der Waals surface area (Å²) in [5.41, 5.74) is 2.86. The molecule has 37 heavy (non-hydrogen) atoms. The van der Waals surface area contributed by atoms with Crippen molar-refractivity contribution >= 4 is 17.6 Å². The molecule has 0 radical (unpaired) electrons. The quantitative estimate of drug-likeness (QED) is 0.256. The van der Waals surface area contributed by atoms with Crippen molar-refractivity contribution in [3.05, 3.63) is 11.6 Å². The highest BCUT2D eigenvalue weighted by molar-refractivity contribution is 5.91. The average Bonchev–Trinajstić information content (AvgIpc) is 3.45. The lowest BCUT2D eigenvalue weighted by atomic mass is 9.46. The average molecular weight is 512 g/mol. The molecule has 4 aliphatic carbocycles. The highest BCUT2D eigenvalue weighted by Crippen LogP contribution is 2.66. The number of hydrogen-bond donors (Lipinski definition) is 1. The van der Waals surface area contributed by atoms with Gasteiger partial charge in [0.2, 0.25) is 0 Å². The van der Waals surface area contributed by atoms with Crippen LogP contribution in [0.3, 0.4) is 0 Å². The van der Waals surface area contributed by atoms with Crippen LogP contribution >= 0.6 is 0 Å². The van der Waals surface area contributed by atoms with Gasteiger partial charge in [0.05, 0.1) is 5.71 Å². The van der Waals surface area contributed by atoms with Crippen LogP contribution in [0.1, 0.15) is 98.8 Å². The van der Waals surface area contributed by atoms with E-state index in [0.29, 0.717) is 48.6 Å². The van der Waals surface area contributed by atoms with Crippen molar-refractivity contribution in [3.8, 4) is 0 Å². The Morgan fingerprint density at radius 2 is 1.95 bits per heavy atom. The number of carbonyl (C=O) groups excluding carboxylic acids is 2. The van der Waals surface area contributed by atoms with Crippen LogP contribution in [-0.2, 0) is 9.63 Å². The second-order valence-corrected chi connectivity index (χ2v) is 13.4. The first-order valence-corrected chi connectivity index (χ1v) is 15.1. The van der Waals surface area contributed by atoms with E-state index in [9.17, 15) is 9.59 Å². The molecule has 1 N–H and O–H groups in total. The molecule has 3 saturated carbocycles. The van der Waals surface area contributed by atoms with Crippen molar-refractivity contribution in [1.82, 2.24) is 10.2 Å². The molecular weight excluding hydrogens is 462 g/mol. The number of amides is 1. The third-order valence-electron chi connectivity index (χ3n) is 11.8. The minimum absolute atomic E-state index is 0.213. The molecule has 2 unspecified atom stereocenters. The van der Waals surface area contributed by atoms with Crippen molar-refractivity contribution < 1.29 is 14.4 Å². The van der Waals surface area contributed by atoms with E-state index < -0.39 is 0 Å². The number of hydrogen-bond acceptors (Lipinski definition) is 5. The molecule has 1 saturated heterocycles. The van der Waals surface area contributed by atoms with Gasteiger partial charge in [0.1, 0.15) is 0 Å². The van der Waals surface area contributed by atoms with Gasteiger partial charge in [0.25, 0.3) is 0 Å². The lowest BCUT2D eigenvalue weighted by molar-refractivity contribution is -0.117. The standard InChI is InChI=1S/C31H49N3O3/c1-6-34(18-14-28-20(2)13-17-32-28)29(36)37-33-21(3)25-9-10-26-24-8-7-22-19-23(35)11-15-30(22,4)27(24)12-16-31(25,26)5/h19-20,24-28,32H,6-18H2,1-5H3/b33-21+/t20?,24-,25+,26-,27-,28?,30-,31+/m0/s1. The number of ketones is 1. The molecule has 0 aromatic heterocycles. The number of nitrogens with zero attached hydrogens (tertiary/aromatic N) is 2. The third-order valence-corrected chi connectivity index (χ3v) is 11.8. The Bertz CT molecular complexity index is 959. The lowest BCUT2D eigenvalue weighted by Crippen LogP contribution is -2.51. The largest absolute Gasteiger partial charge is 0.435 e. The van der Waals surface area contributed by atoms with E-state index in [2.05, 4.69) is 38.2 Å². The maximum absolute atomic E-state index is 12.9. The molecule has 4 fully saturated rings. The van der Waals surface area contributed by atoms with E-state index in [1.54, 1.807) is 4.90 Å². The monoisotopic (exact) mass is 511 g/mol. The zero-order valence-electron chi connectivity index (χ0n) is 23.9. The van der Waals surface area contributed by atoms with Crippen LogP contribution in [-0.4, -0.2) is 48.2 Å². The minimum atomic E-state index is -0.317. The van der Waals surface area contributed by atoms with Crippen LogP contribution in [0.15, 0.2) is 16.8 Å². The van der Waals surface area contributed by atoms with Crippen LogP contribution in [0.2, 0.25) is 0 Å². The summed E-state index contributed by atoms with van der Waals surface area (Å²) in [5, 5.41) is 8.02. The molecule has 0 spiro atoms. The summed E-state index contributed by atoms with van der Waals surface area (Å²) in [5.74, 6) is 3.50. The second kappa shape index (κ2) is 10.5. The Morgan fingerprint density at radius 3 is 2.68 bits per heavy atom. The van der Waals surface area contributed by atoms with Crippen LogP contribution in [0.5, 0.6) is 0 Å². The third kappa shape index (κ3) is 4.81. The number of fused-ring (bicyclic) bond motifs is 5. The Kier molecular flexibility index (Phi) is 7.61. The molecule has 6 heteroatoms. The molecule has 5 aliphatic rings. The molecule has 206 valence electrons. The summed E-state index contributed by atoms with van der Waals surface area (Å²) in [6, 6.07) is 0.486. The second-order valence-electron chi connectivity index (χ2n) is 13.4. The SMILES string of the molecule is CCN(CCC1NCCC1C)C(=O)O/N=C(\C)[C@H]1CC[C@H]2[C@@H]3CCC4=CC(=O)CC[C@]4(C)[C@H]3CC[C@]12C. The Morgan fingerprint density at radius 1 is 1.14 bits per heavy atom. The topological polar surface area (TPSA) is 71.0 Å². The molecule has 1 amide bonds. The Labute approximate surface area is 224 Å². The Hall–Kier alpha value is -1.69. The van der Waals surface area contributed by atoms with Gasteiger partial charge < -0.3 is 10.2 Å². The van der Waals surface area contributed by atoms with Crippen molar-refractivity contribution in [2.45, 2.75) is 105 Å². The van der Waals surface area contributed by atoms with E-state index >= 15 is 0 Å². The maximum atomic E-state index is 12.9. The predicted octanol–water partition coefficient (Wildman–Crippen LogP) is 6.36. The first-order valence-electron chi connectivity index (χ1n) is 15.1. The molecule has 1 heterocycles. The minimum Gasteiger partial charge on any atom is -0.314 e. The number of carbonyl (C=O) groups is 2. The van der Waals surface area contributed by atoms with Crippen molar-refractivity contribution in [2.75, 3.05) is 19.6 Å². The summed E-state index contributed by atoms with van der Waals surface area (Å²) in [4.78, 5) is 32.3. The Balaban J connectivity index is 1.22. The van der Waals surface area contributed by atoms with Gasteiger partial charge in [0.15, 0.2) is 5.78 Å². The lowest BCUT2D eigenvalue weighted by Gasteiger charge is -2.58. The van der Waals surface area contributed by atoms with E-state index in [1.807, 2.05) is 13.0 Å². The van der Waals surface area contributed by atoms with Gasteiger partial charge in [-0.2, -0.15) is 0 Å². The van der Waals surface area contributed by atoms with Gasteiger partial charge in [0, 0.05) is 31.5 Å². The van der Waals surface area contributed by atoms with Gasteiger partial charge in [-0.1, -0.05) is 31.5 Å². The van der Waals surface area contributed by atoms with Gasteiger partial charge in [-0.3, -0.25) is 9.63 Å². The van der Waals surface area contributed by atoms with Gasteiger partial charge in [-0.05, 0) is 119 Å². The molecular formula is C31H49N3O3. The zero-order valence-corrected chi connectivity index (χ0v) is 23.9. The number of rotatable bonds is 6. The van der Waals surface area contributed by atoms with E-state index in [-0.39, 0.29) is 16.9 Å². The first kappa shape index (κ1) is 26.9. The fourth-order valence-corrected chi connectivity index (χ4v) is 9.44. The fraction of sp³-hybridized carbons (Fsp3) is 0.839. The van der Waals surface area contributed by atoms with Crippen LogP contribution in [0.25, 0.3) is 0 Å². The molecule has 8 atom stereocenters. The molecule has 6 nitrogen and oxygen atoms in total. The number of nitrogens with one attached hydrogen (secondary N) is 1. The van der Waals surface area contributed by atoms with Crippen molar-refractivity contribution in [3.63, 3.8) is 0 Å². The zero-order chi connectivity index (χ0) is 26.4. The summed E-state index contributed by atoms with van der Waals surface area (Å²) >= 11 is 0. The summed E-state index contributed by atoms with van der Waals surface area (Å²) in [6.07, 6.45) is 12.7. The maximum Gasteiger partial charge on any atom is 0.435 e. The van der Waals surface area contributed by atoms with Gasteiger partial charge in [-0.15, -0.1) is 0 Å². The molecule has 1 aliphatic heterocycles. The normalized spacial score (nSPS) is 41.5. The summed E-state index contributed by atoms with van der Waals surface area (Å²) < 4.78 is 0. The van der Waals surface area contributed by atoms with Gasteiger partial charge in [-0.25, -0.2) is 4.79 Å². The smallest absolute Gasteiger partial charge is 0.314 e. The highest BCUT2D eigenvalue weighted by atomic mass is 16.7. The molecule has 0 aromatic carbocycles. The number of oxime groups is 1. The molecule has 5 rings (SSSR count). The van der Waals surface area contributed by atoms with E-state index in [4.69, 9.17) is 4.84 Å². The van der Waals surface area contributed by atoms with Crippen LogP contribution in [0, 0.1) is 40.4 Å². The summed E-state index contributed by atoms with van der Waals surface area (Å²) in [7, 11) is 0. The predicted molar refractivity (Wildman–Crippen MR) is 147 cm³/mol. The number of allylic oxidation sites excluding steroid dienone is 1. The molecule has 0 bridgehead atoms. The van der Waals surface area contributed by atoms with Crippen LogP contribution in [0.4, 0.5) is 4.79 Å². The van der Waals surface area contributed by atoms with Crippen molar-refractivity contribution in [1.29, 1.82) is 0 Å². The van der Waals surface area contributed by atoms with Crippen LogP contribution < -0.4 is 5.32 Å². The van der Waals surface area contributed by atoms with E-state index in [0.717, 1.165) is 50.3 Å². The van der Waals surface area contributed by atoms with E-state index in [1.165, 1.54) is 37.7 Å². The molecule has 0 aromatic rings. The fourth-order valence-electron chi connectivity index (χ4n) is 9.44. The van der Waals surface area contributed by atoms with Gasteiger partial charge >= 0.3 is 6.09 Å². The summed E-state index contributed by atoms with van der Waals surface area (Å²) in [6.45, 7) is 13.7. The first-order chi connectivity index (χ1) is 17.7. The van der Waals surface area contributed by atoms with Crippen molar-refractivity contribution in [2.24, 2.45) is 45.6 Å². The highest BCUT2D eigenvalue weighted by Gasteiger charge is 2.59.